The Hall–Kier alpha value is -3.15. The van der Waals surface area contributed by atoms with Crippen molar-refractivity contribution in [2.75, 3.05) is 11.9 Å². The zero-order valence-corrected chi connectivity index (χ0v) is 18.0. The highest BCUT2D eigenvalue weighted by Crippen LogP contribution is 2.29. The molecule has 6 nitrogen and oxygen atoms in total. The lowest BCUT2D eigenvalue weighted by Crippen LogP contribution is -2.42. The molecule has 1 unspecified atom stereocenters. The Labute approximate surface area is 177 Å². The number of amides is 4. The summed E-state index contributed by atoms with van der Waals surface area (Å²) < 4.78 is 0. The zero-order valence-electron chi connectivity index (χ0n) is 18.0. The topological polar surface area (TPSA) is 78.5 Å². The molecule has 1 fully saturated rings. The molecule has 0 radical (unpaired) electrons. The predicted molar refractivity (Wildman–Crippen MR) is 117 cm³/mol. The van der Waals surface area contributed by atoms with Gasteiger partial charge in [-0.05, 0) is 48.1 Å². The minimum Gasteiger partial charge on any atom is -0.325 e. The number of nitrogens with one attached hydrogen (secondary N) is 2. The molecule has 1 atom stereocenters. The lowest BCUT2D eigenvalue weighted by atomic mass is 9.91. The number of benzene rings is 2. The number of carbonyl (C=O) groups excluding carboxylic acids is 3. The van der Waals surface area contributed by atoms with Crippen LogP contribution < -0.4 is 10.6 Å². The second-order valence-corrected chi connectivity index (χ2v) is 8.22. The number of anilines is 1. The highest BCUT2D eigenvalue weighted by Gasteiger charge is 2.49. The molecule has 3 rings (SSSR count). The minimum atomic E-state index is -1.18. The Morgan fingerprint density at radius 3 is 2.47 bits per heavy atom. The van der Waals surface area contributed by atoms with Crippen LogP contribution in [-0.4, -0.2) is 29.3 Å². The summed E-state index contributed by atoms with van der Waals surface area (Å²) >= 11 is 0. The van der Waals surface area contributed by atoms with Crippen molar-refractivity contribution in [3.8, 4) is 0 Å². The van der Waals surface area contributed by atoms with Crippen molar-refractivity contribution < 1.29 is 14.4 Å². The van der Waals surface area contributed by atoms with Crippen molar-refractivity contribution in [3.05, 3.63) is 65.2 Å². The van der Waals surface area contributed by atoms with E-state index in [-0.39, 0.29) is 6.54 Å². The van der Waals surface area contributed by atoms with Crippen LogP contribution in [0.25, 0.3) is 0 Å². The number of hydrogen-bond acceptors (Lipinski definition) is 3. The van der Waals surface area contributed by atoms with Crippen molar-refractivity contribution in [3.63, 3.8) is 0 Å². The molecule has 158 valence electrons. The van der Waals surface area contributed by atoms with Crippen molar-refractivity contribution in [2.45, 2.75) is 52.0 Å². The van der Waals surface area contributed by atoms with Gasteiger partial charge < -0.3 is 10.6 Å². The fourth-order valence-electron chi connectivity index (χ4n) is 3.65. The standard InChI is InChI=1S/C24H29N3O3/c1-5-7-17-10-12-19(13-11-17)24(4)22(29)27(23(30)26-24)15-21(28)25-20-9-6-8-18(14-20)16(2)3/h6,8-14,16H,5,7,15H2,1-4H3,(H,25,28)(H,26,30). The van der Waals surface area contributed by atoms with Crippen LogP contribution in [0.3, 0.4) is 0 Å². The monoisotopic (exact) mass is 407 g/mol. The maximum atomic E-state index is 13.0. The van der Waals surface area contributed by atoms with E-state index in [0.717, 1.165) is 23.3 Å². The first-order chi connectivity index (χ1) is 14.2. The minimum absolute atomic E-state index is 0.331. The van der Waals surface area contributed by atoms with E-state index < -0.39 is 23.4 Å². The first kappa shape index (κ1) is 21.6. The Balaban J connectivity index is 1.71. The number of urea groups is 1. The van der Waals surface area contributed by atoms with Gasteiger partial charge in [0.25, 0.3) is 5.91 Å². The molecule has 0 aromatic heterocycles. The van der Waals surface area contributed by atoms with Gasteiger partial charge >= 0.3 is 6.03 Å². The number of nitrogens with zero attached hydrogens (tertiary/aromatic N) is 1. The number of rotatable bonds is 7. The number of hydrogen-bond donors (Lipinski definition) is 2. The van der Waals surface area contributed by atoms with Gasteiger partial charge in [-0.25, -0.2) is 4.79 Å². The summed E-state index contributed by atoms with van der Waals surface area (Å²) in [7, 11) is 0. The Kier molecular flexibility index (Phi) is 6.25. The Morgan fingerprint density at radius 1 is 1.13 bits per heavy atom. The van der Waals surface area contributed by atoms with Gasteiger partial charge in [0.2, 0.25) is 5.91 Å². The highest BCUT2D eigenvalue weighted by atomic mass is 16.2. The first-order valence-corrected chi connectivity index (χ1v) is 10.4. The van der Waals surface area contributed by atoms with Gasteiger partial charge in [0.15, 0.2) is 0 Å². The van der Waals surface area contributed by atoms with Crippen LogP contribution in [0.1, 0.15) is 56.7 Å². The second-order valence-electron chi connectivity index (χ2n) is 8.22. The normalized spacial score (nSPS) is 18.6. The largest absolute Gasteiger partial charge is 0.325 e. The lowest BCUT2D eigenvalue weighted by Gasteiger charge is -2.22. The van der Waals surface area contributed by atoms with Crippen LogP contribution in [0, 0.1) is 0 Å². The van der Waals surface area contributed by atoms with E-state index in [1.807, 2.05) is 42.5 Å². The molecule has 30 heavy (non-hydrogen) atoms. The second kappa shape index (κ2) is 8.69. The van der Waals surface area contributed by atoms with E-state index >= 15 is 0 Å². The molecule has 4 amide bonds. The third-order valence-corrected chi connectivity index (χ3v) is 5.48. The molecule has 1 saturated heterocycles. The van der Waals surface area contributed by atoms with E-state index in [9.17, 15) is 14.4 Å². The predicted octanol–water partition coefficient (Wildman–Crippen LogP) is 4.17. The third-order valence-electron chi connectivity index (χ3n) is 5.48. The number of imide groups is 1. The number of aryl methyl sites for hydroxylation is 1. The van der Waals surface area contributed by atoms with Crippen molar-refractivity contribution in [2.24, 2.45) is 0 Å². The van der Waals surface area contributed by atoms with Gasteiger partial charge in [0.05, 0.1) is 0 Å². The number of carbonyl (C=O) groups is 3. The SMILES string of the molecule is CCCc1ccc(C2(C)NC(=O)N(CC(=O)Nc3cccc(C(C)C)c3)C2=O)cc1. The Bertz CT molecular complexity index is 952. The van der Waals surface area contributed by atoms with Crippen LogP contribution >= 0.6 is 0 Å². The van der Waals surface area contributed by atoms with Gasteiger partial charge in [0.1, 0.15) is 12.1 Å². The van der Waals surface area contributed by atoms with Gasteiger partial charge in [-0.2, -0.15) is 0 Å². The van der Waals surface area contributed by atoms with Crippen LogP contribution in [0.4, 0.5) is 10.5 Å². The average molecular weight is 408 g/mol. The molecule has 0 saturated carbocycles. The van der Waals surface area contributed by atoms with Gasteiger partial charge in [-0.15, -0.1) is 0 Å². The quantitative estimate of drug-likeness (QED) is 0.676. The van der Waals surface area contributed by atoms with E-state index in [0.29, 0.717) is 17.2 Å². The summed E-state index contributed by atoms with van der Waals surface area (Å²) in [6, 6.07) is 14.7. The van der Waals surface area contributed by atoms with E-state index in [4.69, 9.17) is 0 Å². The van der Waals surface area contributed by atoms with Crippen molar-refractivity contribution in [1.82, 2.24) is 10.2 Å². The molecule has 2 N–H and O–H groups in total. The van der Waals surface area contributed by atoms with Crippen LogP contribution in [0.2, 0.25) is 0 Å². The van der Waals surface area contributed by atoms with E-state index in [1.54, 1.807) is 13.0 Å². The maximum absolute atomic E-state index is 13.0. The molecule has 1 heterocycles. The van der Waals surface area contributed by atoms with Crippen LogP contribution in [0.15, 0.2) is 48.5 Å². The molecule has 1 aliphatic heterocycles. The smallest absolute Gasteiger partial charge is 0.325 e. The summed E-state index contributed by atoms with van der Waals surface area (Å²) in [5.41, 5.74) is 2.45. The van der Waals surface area contributed by atoms with E-state index in [2.05, 4.69) is 31.4 Å². The summed E-state index contributed by atoms with van der Waals surface area (Å²) in [5, 5.41) is 5.53. The fourth-order valence-corrected chi connectivity index (χ4v) is 3.65. The van der Waals surface area contributed by atoms with Crippen LogP contribution in [0.5, 0.6) is 0 Å². The van der Waals surface area contributed by atoms with Crippen LogP contribution in [-0.2, 0) is 21.5 Å². The summed E-state index contributed by atoms with van der Waals surface area (Å²) in [5.74, 6) is -0.513. The van der Waals surface area contributed by atoms with Gasteiger partial charge in [-0.3, -0.25) is 14.5 Å². The highest BCUT2D eigenvalue weighted by molar-refractivity contribution is 6.10. The summed E-state index contributed by atoms with van der Waals surface area (Å²) in [6.45, 7) is 7.59. The molecule has 0 aliphatic carbocycles. The average Bonchev–Trinajstić information content (AvgIpc) is 2.93. The molecule has 0 bridgehead atoms. The lowest BCUT2D eigenvalue weighted by molar-refractivity contribution is -0.133. The van der Waals surface area contributed by atoms with Crippen molar-refractivity contribution >= 4 is 23.5 Å². The van der Waals surface area contributed by atoms with Gasteiger partial charge in [-0.1, -0.05) is 63.6 Å². The zero-order chi connectivity index (χ0) is 21.9. The molecular formula is C24H29N3O3. The van der Waals surface area contributed by atoms with E-state index in [1.165, 1.54) is 5.56 Å². The first-order valence-electron chi connectivity index (χ1n) is 10.4. The maximum Gasteiger partial charge on any atom is 0.325 e. The third kappa shape index (κ3) is 4.37. The fraction of sp³-hybridized carbons (Fsp3) is 0.375. The molecule has 0 spiro atoms. The van der Waals surface area contributed by atoms with Gasteiger partial charge in [0, 0.05) is 5.69 Å². The summed E-state index contributed by atoms with van der Waals surface area (Å²) in [6.07, 6.45) is 2.00. The molecule has 2 aromatic carbocycles. The van der Waals surface area contributed by atoms with Crippen molar-refractivity contribution in [1.29, 1.82) is 0 Å². The molecule has 1 aliphatic rings. The molecular weight excluding hydrogens is 378 g/mol. The Morgan fingerprint density at radius 2 is 1.83 bits per heavy atom. The summed E-state index contributed by atoms with van der Waals surface area (Å²) in [4.78, 5) is 39.0. The molecule has 6 heteroatoms. The molecule has 2 aromatic rings.